The quantitative estimate of drug-likeness (QED) is 0.181. The van der Waals surface area contributed by atoms with Crippen LogP contribution in [0.1, 0.15) is 51.9 Å². The lowest BCUT2D eigenvalue weighted by Gasteiger charge is -2.26. The highest BCUT2D eigenvalue weighted by Gasteiger charge is 2.36. The van der Waals surface area contributed by atoms with Crippen LogP contribution in [0.4, 0.5) is 0 Å². The van der Waals surface area contributed by atoms with Crippen LogP contribution in [0.15, 0.2) is 12.7 Å². The largest absolute Gasteiger partial charge is 0.359 e. The van der Waals surface area contributed by atoms with Crippen LogP contribution in [0.25, 0.3) is 0 Å². The van der Waals surface area contributed by atoms with Gasteiger partial charge in [0.2, 0.25) is 17.7 Å². The fourth-order valence-electron chi connectivity index (χ4n) is 3.13. The highest BCUT2D eigenvalue weighted by molar-refractivity contribution is 7.84. The summed E-state index contributed by atoms with van der Waals surface area (Å²) in [4.78, 5) is 50.2. The number of allylic oxidation sites excluding steroid dienone is 1. The second-order valence-corrected chi connectivity index (χ2v) is 8.15. The van der Waals surface area contributed by atoms with Gasteiger partial charge >= 0.3 is 10.3 Å². The molecule has 4 amide bonds. The van der Waals surface area contributed by atoms with Crippen molar-refractivity contribution in [3.8, 4) is 0 Å². The third kappa shape index (κ3) is 8.91. The zero-order valence-corrected chi connectivity index (χ0v) is 17.9. The second kappa shape index (κ2) is 12.3. The third-order valence-electron chi connectivity index (χ3n) is 4.56. The molecule has 0 saturated carbocycles. The molecule has 0 aromatic rings. The molecule has 0 bridgehead atoms. The fourth-order valence-corrected chi connectivity index (χ4v) is 3.53. The Bertz CT molecular complexity index is 754. The first kappa shape index (κ1) is 25.6. The lowest BCUT2D eigenvalue weighted by Crippen LogP contribution is -2.54. The Kier molecular flexibility index (Phi) is 10.5. The summed E-state index contributed by atoms with van der Waals surface area (Å²) < 4.78 is 31.9. The molecule has 4 N–H and O–H groups in total. The van der Waals surface area contributed by atoms with Gasteiger partial charge in [-0.3, -0.25) is 23.7 Å². The van der Waals surface area contributed by atoms with Crippen molar-refractivity contribution < 1.29 is 32.1 Å². The molecule has 1 fully saturated rings. The van der Waals surface area contributed by atoms with E-state index in [0.29, 0.717) is 38.6 Å². The van der Waals surface area contributed by atoms with Crippen molar-refractivity contribution in [3.63, 3.8) is 0 Å². The molecule has 11 nitrogen and oxygen atoms in total. The Balaban J connectivity index is 2.66. The fraction of sp³-hybridized carbons (Fsp3) is 0.667. The molecule has 1 saturated heterocycles. The van der Waals surface area contributed by atoms with Gasteiger partial charge in [0.15, 0.2) is 0 Å². The number of carbonyl (C=O) groups excluding carboxylic acids is 4. The normalized spacial score (nSPS) is 17.1. The monoisotopic (exact) mass is 446 g/mol. The number of hydrogen-bond acceptors (Lipinski definition) is 6. The molecule has 30 heavy (non-hydrogen) atoms. The van der Waals surface area contributed by atoms with Gasteiger partial charge in [0.1, 0.15) is 12.1 Å². The Morgan fingerprint density at radius 3 is 2.60 bits per heavy atom. The zero-order valence-electron chi connectivity index (χ0n) is 17.1. The molecule has 2 atom stereocenters. The van der Waals surface area contributed by atoms with Crippen molar-refractivity contribution in [1.29, 1.82) is 0 Å². The van der Waals surface area contributed by atoms with E-state index in [-0.39, 0.29) is 25.3 Å². The van der Waals surface area contributed by atoms with E-state index in [4.69, 9.17) is 4.55 Å². The highest BCUT2D eigenvalue weighted by Crippen LogP contribution is 2.18. The summed E-state index contributed by atoms with van der Waals surface area (Å²) in [5, 5.41) is 4.98. The highest BCUT2D eigenvalue weighted by atomic mass is 32.2. The number of nitrogens with one attached hydrogen (secondary N) is 3. The maximum Gasteiger partial charge on any atom is 0.359 e. The molecule has 0 aliphatic carbocycles. The van der Waals surface area contributed by atoms with E-state index in [0.717, 1.165) is 0 Å². The third-order valence-corrected chi connectivity index (χ3v) is 5.02. The van der Waals surface area contributed by atoms with Gasteiger partial charge in [-0.2, -0.15) is 8.42 Å². The first-order valence-corrected chi connectivity index (χ1v) is 11.3. The maximum atomic E-state index is 12.6. The summed E-state index contributed by atoms with van der Waals surface area (Å²) in [7, 11) is -4.75. The number of nitrogens with zero attached hydrogens (tertiary/aromatic N) is 1. The van der Waals surface area contributed by atoms with E-state index in [1.807, 2.05) is 0 Å². The topological polar surface area (TPSA) is 162 Å². The van der Waals surface area contributed by atoms with Crippen LogP contribution >= 0.6 is 0 Å². The van der Waals surface area contributed by atoms with Crippen molar-refractivity contribution in [2.45, 2.75) is 64.0 Å². The van der Waals surface area contributed by atoms with E-state index in [9.17, 15) is 27.6 Å². The summed E-state index contributed by atoms with van der Waals surface area (Å²) in [5.74, 6) is -2.34. The van der Waals surface area contributed by atoms with E-state index < -0.39 is 40.1 Å². The number of likely N-dealkylation sites (tertiary alicyclic amines) is 1. The maximum absolute atomic E-state index is 12.6. The molecule has 1 rings (SSSR count). The smallest absolute Gasteiger partial charge is 0.347 e. The van der Waals surface area contributed by atoms with Gasteiger partial charge < -0.3 is 15.5 Å². The summed E-state index contributed by atoms with van der Waals surface area (Å²) in [6.07, 6.45) is 4.86. The van der Waals surface area contributed by atoms with Gasteiger partial charge in [0.05, 0.1) is 6.54 Å². The number of amides is 4. The van der Waals surface area contributed by atoms with Gasteiger partial charge in [0.25, 0.3) is 5.91 Å². The van der Waals surface area contributed by atoms with Crippen LogP contribution < -0.4 is 15.4 Å². The number of unbranched alkanes of at least 4 members (excludes halogenated alkanes) is 1. The lowest BCUT2D eigenvalue weighted by molar-refractivity contribution is -0.139. The second-order valence-electron chi connectivity index (χ2n) is 6.99. The standard InChI is InChI=1S/C18H30N4O7S/c1-3-5-6-10-15(23)19-12-16(24)22-11-7-9-14(22)18(26)20-13(8-4-2)17(25)21-30(27,28)29/h3,13-14H,1,4-12H2,2H3,(H,19,23)(H,20,26)(H,21,25)(H,27,28,29). The van der Waals surface area contributed by atoms with Crippen LogP contribution in [0.5, 0.6) is 0 Å². The molecular formula is C18H30N4O7S. The van der Waals surface area contributed by atoms with Crippen LogP contribution in [0.2, 0.25) is 0 Å². The number of rotatable bonds is 12. The molecule has 0 radical (unpaired) electrons. The Morgan fingerprint density at radius 2 is 2.00 bits per heavy atom. The molecule has 1 aliphatic heterocycles. The van der Waals surface area contributed by atoms with E-state index in [1.165, 1.54) is 9.62 Å². The van der Waals surface area contributed by atoms with Gasteiger partial charge in [-0.25, -0.2) is 4.72 Å². The minimum atomic E-state index is -4.75. The van der Waals surface area contributed by atoms with Crippen LogP contribution in [-0.2, 0) is 29.5 Å². The van der Waals surface area contributed by atoms with Crippen molar-refractivity contribution in [2.24, 2.45) is 0 Å². The molecule has 12 heteroatoms. The van der Waals surface area contributed by atoms with Crippen LogP contribution in [-0.4, -0.2) is 66.7 Å². The first-order chi connectivity index (χ1) is 14.1. The average Bonchev–Trinajstić information content (AvgIpc) is 3.14. The minimum Gasteiger partial charge on any atom is -0.347 e. The van der Waals surface area contributed by atoms with E-state index in [2.05, 4.69) is 17.2 Å². The Hall–Kier alpha value is -2.47. The molecular weight excluding hydrogens is 416 g/mol. The molecule has 0 aromatic heterocycles. The van der Waals surface area contributed by atoms with Crippen LogP contribution in [0, 0.1) is 0 Å². The molecule has 2 unspecified atom stereocenters. The van der Waals surface area contributed by atoms with Gasteiger partial charge in [-0.1, -0.05) is 19.4 Å². The van der Waals surface area contributed by atoms with E-state index >= 15 is 0 Å². The Labute approximate surface area is 176 Å². The molecule has 0 aromatic carbocycles. The minimum absolute atomic E-state index is 0.147. The van der Waals surface area contributed by atoms with Crippen molar-refractivity contribution in [3.05, 3.63) is 12.7 Å². The average molecular weight is 447 g/mol. The number of hydrogen-bond donors (Lipinski definition) is 4. The first-order valence-electron chi connectivity index (χ1n) is 9.85. The summed E-state index contributed by atoms with van der Waals surface area (Å²) in [6, 6.07) is -2.00. The van der Waals surface area contributed by atoms with Crippen molar-refractivity contribution in [2.75, 3.05) is 13.1 Å². The van der Waals surface area contributed by atoms with Crippen LogP contribution in [0.3, 0.4) is 0 Å². The summed E-state index contributed by atoms with van der Waals surface area (Å²) in [6.45, 7) is 5.41. The predicted octanol–water partition coefficient (Wildman–Crippen LogP) is -0.346. The van der Waals surface area contributed by atoms with E-state index in [1.54, 1.807) is 13.0 Å². The van der Waals surface area contributed by atoms with Crippen molar-refractivity contribution in [1.82, 2.24) is 20.3 Å². The molecule has 1 aliphatic rings. The zero-order chi connectivity index (χ0) is 22.7. The predicted molar refractivity (Wildman–Crippen MR) is 108 cm³/mol. The molecule has 170 valence electrons. The van der Waals surface area contributed by atoms with Gasteiger partial charge in [-0.05, 0) is 32.1 Å². The lowest BCUT2D eigenvalue weighted by atomic mass is 10.1. The molecule has 1 heterocycles. The molecule has 0 spiro atoms. The summed E-state index contributed by atoms with van der Waals surface area (Å²) in [5.41, 5.74) is 0. The SMILES string of the molecule is C=CCCCC(=O)NCC(=O)N1CCCC1C(=O)NC(CCC)C(=O)NS(=O)(=O)O. The Morgan fingerprint density at radius 1 is 1.30 bits per heavy atom. The van der Waals surface area contributed by atoms with Crippen molar-refractivity contribution >= 4 is 33.9 Å². The van der Waals surface area contributed by atoms with Gasteiger partial charge in [-0.15, -0.1) is 6.58 Å². The van der Waals surface area contributed by atoms with Gasteiger partial charge in [0, 0.05) is 13.0 Å². The number of carbonyl (C=O) groups is 4. The summed E-state index contributed by atoms with van der Waals surface area (Å²) >= 11 is 0.